The molecule has 7 heteroatoms. The van der Waals surface area contributed by atoms with Crippen LogP contribution in [0.2, 0.25) is 0 Å². The number of aliphatic hydroxyl groups excluding tert-OH is 1. The third-order valence-corrected chi connectivity index (χ3v) is 3.56. The highest BCUT2D eigenvalue weighted by molar-refractivity contribution is 6.01. The third-order valence-electron chi connectivity index (χ3n) is 3.56. The number of nitro benzene ring substituents is 1. The first-order valence-corrected chi connectivity index (χ1v) is 6.92. The normalized spacial score (nSPS) is 17.8. The first-order valence-electron chi connectivity index (χ1n) is 6.92. The number of likely N-dealkylation sites (tertiary alicyclic amines) is 1. The van der Waals surface area contributed by atoms with Gasteiger partial charge in [0.2, 0.25) is 0 Å². The Morgan fingerprint density at radius 2 is 2.33 bits per heavy atom. The van der Waals surface area contributed by atoms with Gasteiger partial charge in [-0.3, -0.25) is 14.9 Å². The van der Waals surface area contributed by atoms with E-state index in [0.29, 0.717) is 19.6 Å². The molecule has 7 nitrogen and oxygen atoms in total. The average molecular weight is 294 g/mol. The second-order valence-corrected chi connectivity index (χ2v) is 4.82. The van der Waals surface area contributed by atoms with Crippen LogP contribution in [-0.2, 0) is 0 Å². The number of carbonyl (C=O) groups is 1. The summed E-state index contributed by atoms with van der Waals surface area (Å²) < 4.78 is 5.36. The van der Waals surface area contributed by atoms with Crippen molar-refractivity contribution in [2.45, 2.75) is 25.8 Å². The zero-order valence-electron chi connectivity index (χ0n) is 11.8. The van der Waals surface area contributed by atoms with Crippen molar-refractivity contribution in [2.24, 2.45) is 0 Å². The molecule has 1 aromatic carbocycles. The number of carbonyl (C=O) groups excluding carboxylic acids is 1. The molecule has 0 bridgehead atoms. The number of benzene rings is 1. The lowest BCUT2D eigenvalue weighted by Gasteiger charge is -2.23. The Labute approximate surface area is 122 Å². The van der Waals surface area contributed by atoms with Crippen LogP contribution < -0.4 is 4.74 Å². The van der Waals surface area contributed by atoms with Crippen molar-refractivity contribution in [3.63, 3.8) is 0 Å². The van der Waals surface area contributed by atoms with E-state index in [9.17, 15) is 20.0 Å². The molecule has 0 unspecified atom stereocenters. The SMILES string of the molecule is CCOc1cccc([N+](=O)[O-])c1C(=O)N1CCC[C@@H]1CO. The van der Waals surface area contributed by atoms with Gasteiger partial charge in [-0.2, -0.15) is 0 Å². The molecule has 1 aromatic rings. The number of nitro groups is 1. The zero-order valence-corrected chi connectivity index (χ0v) is 11.8. The van der Waals surface area contributed by atoms with E-state index >= 15 is 0 Å². The van der Waals surface area contributed by atoms with Crippen molar-refractivity contribution in [2.75, 3.05) is 19.8 Å². The standard InChI is InChI=1S/C14H18N2O5/c1-2-21-12-7-3-6-11(16(19)20)13(12)14(18)15-8-4-5-10(15)9-17/h3,6-7,10,17H,2,4-5,8-9H2,1H3/t10-/m1/s1. The van der Waals surface area contributed by atoms with Gasteiger partial charge in [0, 0.05) is 12.6 Å². The van der Waals surface area contributed by atoms with E-state index in [-0.39, 0.29) is 29.6 Å². The fourth-order valence-electron chi connectivity index (χ4n) is 2.60. The Morgan fingerprint density at radius 1 is 1.57 bits per heavy atom. The van der Waals surface area contributed by atoms with Crippen molar-refractivity contribution in [3.8, 4) is 5.75 Å². The number of hydrogen-bond acceptors (Lipinski definition) is 5. The van der Waals surface area contributed by atoms with Gasteiger partial charge in [-0.25, -0.2) is 0 Å². The Hall–Kier alpha value is -2.15. The Kier molecular flexibility index (Phi) is 4.74. The van der Waals surface area contributed by atoms with E-state index in [1.165, 1.54) is 17.0 Å². The summed E-state index contributed by atoms with van der Waals surface area (Å²) >= 11 is 0. The molecule has 2 rings (SSSR count). The minimum Gasteiger partial charge on any atom is -0.493 e. The van der Waals surface area contributed by atoms with Crippen molar-refractivity contribution in [3.05, 3.63) is 33.9 Å². The molecule has 0 spiro atoms. The van der Waals surface area contributed by atoms with Gasteiger partial charge in [0.25, 0.3) is 11.6 Å². The van der Waals surface area contributed by atoms with Crippen LogP contribution in [0.3, 0.4) is 0 Å². The molecule has 0 aliphatic carbocycles. The van der Waals surface area contributed by atoms with Crippen LogP contribution in [0.4, 0.5) is 5.69 Å². The lowest BCUT2D eigenvalue weighted by Crippen LogP contribution is -2.38. The largest absolute Gasteiger partial charge is 0.493 e. The van der Waals surface area contributed by atoms with E-state index in [4.69, 9.17) is 4.74 Å². The zero-order chi connectivity index (χ0) is 15.4. The van der Waals surface area contributed by atoms with Crippen molar-refractivity contribution in [1.82, 2.24) is 4.90 Å². The van der Waals surface area contributed by atoms with Crippen LogP contribution in [0, 0.1) is 10.1 Å². The van der Waals surface area contributed by atoms with Crippen molar-refractivity contribution < 1.29 is 19.6 Å². The third kappa shape index (κ3) is 2.97. The van der Waals surface area contributed by atoms with Crippen LogP contribution in [0.1, 0.15) is 30.1 Å². The molecule has 1 amide bonds. The van der Waals surface area contributed by atoms with Gasteiger partial charge in [-0.05, 0) is 25.8 Å². The van der Waals surface area contributed by atoms with E-state index in [1.54, 1.807) is 13.0 Å². The second kappa shape index (κ2) is 6.53. The van der Waals surface area contributed by atoms with Crippen LogP contribution in [0.5, 0.6) is 5.75 Å². The Morgan fingerprint density at radius 3 is 2.95 bits per heavy atom. The quantitative estimate of drug-likeness (QED) is 0.657. The number of rotatable bonds is 5. The molecule has 1 fully saturated rings. The molecule has 114 valence electrons. The molecular weight excluding hydrogens is 276 g/mol. The van der Waals surface area contributed by atoms with E-state index in [2.05, 4.69) is 0 Å². The second-order valence-electron chi connectivity index (χ2n) is 4.82. The molecule has 1 aliphatic heterocycles. The predicted molar refractivity (Wildman–Crippen MR) is 75.4 cm³/mol. The van der Waals surface area contributed by atoms with Crippen LogP contribution in [0.15, 0.2) is 18.2 Å². The number of aliphatic hydroxyl groups is 1. The minimum absolute atomic E-state index is 0.0373. The Bertz CT molecular complexity index is 546. The molecule has 1 saturated heterocycles. The molecule has 21 heavy (non-hydrogen) atoms. The van der Waals surface area contributed by atoms with Gasteiger partial charge < -0.3 is 14.7 Å². The topological polar surface area (TPSA) is 92.9 Å². The molecule has 1 aliphatic rings. The van der Waals surface area contributed by atoms with Gasteiger partial charge in [0.1, 0.15) is 5.75 Å². The first kappa shape index (κ1) is 15.2. The molecule has 0 radical (unpaired) electrons. The van der Waals surface area contributed by atoms with Gasteiger partial charge in [-0.15, -0.1) is 0 Å². The molecule has 1 N–H and O–H groups in total. The summed E-state index contributed by atoms with van der Waals surface area (Å²) in [7, 11) is 0. The summed E-state index contributed by atoms with van der Waals surface area (Å²) in [5.41, 5.74) is -0.306. The van der Waals surface area contributed by atoms with E-state index in [1.807, 2.05) is 0 Å². The lowest BCUT2D eigenvalue weighted by atomic mass is 10.1. The molecule has 1 heterocycles. The Balaban J connectivity index is 2.45. The molecular formula is C14H18N2O5. The number of hydrogen-bond donors (Lipinski definition) is 1. The van der Waals surface area contributed by atoms with Crippen LogP contribution in [-0.4, -0.2) is 46.6 Å². The van der Waals surface area contributed by atoms with Crippen LogP contribution in [0.25, 0.3) is 0 Å². The number of nitrogens with zero attached hydrogens (tertiary/aromatic N) is 2. The average Bonchev–Trinajstić information content (AvgIpc) is 2.95. The summed E-state index contributed by atoms with van der Waals surface area (Å²) in [5, 5.41) is 20.5. The maximum absolute atomic E-state index is 12.7. The maximum atomic E-state index is 12.7. The highest BCUT2D eigenvalue weighted by Gasteiger charge is 2.34. The van der Waals surface area contributed by atoms with Gasteiger partial charge >= 0.3 is 0 Å². The van der Waals surface area contributed by atoms with Gasteiger partial charge in [0.05, 0.1) is 24.2 Å². The summed E-state index contributed by atoms with van der Waals surface area (Å²) in [6.45, 7) is 2.41. The van der Waals surface area contributed by atoms with Crippen LogP contribution >= 0.6 is 0 Å². The van der Waals surface area contributed by atoms with Gasteiger partial charge in [-0.1, -0.05) is 6.07 Å². The monoisotopic (exact) mass is 294 g/mol. The fourth-order valence-corrected chi connectivity index (χ4v) is 2.60. The molecule has 0 saturated carbocycles. The molecule has 1 atom stereocenters. The van der Waals surface area contributed by atoms with Gasteiger partial charge in [0.15, 0.2) is 5.56 Å². The highest BCUT2D eigenvalue weighted by atomic mass is 16.6. The highest BCUT2D eigenvalue weighted by Crippen LogP contribution is 2.32. The number of amides is 1. The molecule has 0 aromatic heterocycles. The number of ether oxygens (including phenoxy) is 1. The summed E-state index contributed by atoms with van der Waals surface area (Å²) in [5.74, 6) is -0.248. The lowest BCUT2D eigenvalue weighted by molar-refractivity contribution is -0.385. The summed E-state index contributed by atoms with van der Waals surface area (Å²) in [4.78, 5) is 24.8. The summed E-state index contributed by atoms with van der Waals surface area (Å²) in [6, 6.07) is 4.05. The predicted octanol–water partition coefficient (Wildman–Crippen LogP) is 1.59. The maximum Gasteiger partial charge on any atom is 0.285 e. The van der Waals surface area contributed by atoms with Crippen molar-refractivity contribution >= 4 is 11.6 Å². The first-order chi connectivity index (χ1) is 10.1. The summed E-state index contributed by atoms with van der Waals surface area (Å²) in [6.07, 6.45) is 1.48. The smallest absolute Gasteiger partial charge is 0.285 e. The fraction of sp³-hybridized carbons (Fsp3) is 0.500. The van der Waals surface area contributed by atoms with E-state index in [0.717, 1.165) is 6.42 Å². The van der Waals surface area contributed by atoms with E-state index < -0.39 is 10.8 Å². The minimum atomic E-state index is -0.584. The van der Waals surface area contributed by atoms with Crippen molar-refractivity contribution in [1.29, 1.82) is 0 Å².